The molecule has 0 aromatic heterocycles. The molecule has 0 saturated carbocycles. The zero-order valence-electron chi connectivity index (χ0n) is 19.4. The fourth-order valence-corrected chi connectivity index (χ4v) is 4.86. The number of amides is 1. The van der Waals surface area contributed by atoms with Crippen LogP contribution >= 0.6 is 0 Å². The van der Waals surface area contributed by atoms with E-state index >= 15 is 0 Å². The summed E-state index contributed by atoms with van der Waals surface area (Å²) in [6, 6.07) is 8.22. The largest absolute Gasteiger partial charge is 0.376 e. The summed E-state index contributed by atoms with van der Waals surface area (Å²) in [5, 5.41) is 3.37. The summed E-state index contributed by atoms with van der Waals surface area (Å²) < 4.78 is 11.9. The zero-order valence-corrected chi connectivity index (χ0v) is 19.4. The number of carbonyl (C=O) groups excluding carboxylic acids is 1. The molecule has 1 N–H and O–H groups in total. The van der Waals surface area contributed by atoms with Gasteiger partial charge in [0.15, 0.2) is 5.96 Å². The van der Waals surface area contributed by atoms with E-state index < -0.39 is 0 Å². The number of guanidine groups is 1. The van der Waals surface area contributed by atoms with Crippen molar-refractivity contribution in [2.24, 2.45) is 4.99 Å². The quantitative estimate of drug-likeness (QED) is 0.542. The van der Waals surface area contributed by atoms with Gasteiger partial charge in [0.2, 0.25) is 5.91 Å². The van der Waals surface area contributed by atoms with Gasteiger partial charge in [0.25, 0.3) is 0 Å². The molecule has 1 aromatic carbocycles. The van der Waals surface area contributed by atoms with Crippen LogP contribution in [0.3, 0.4) is 0 Å². The van der Waals surface area contributed by atoms with Crippen molar-refractivity contribution in [3.63, 3.8) is 0 Å². The number of piperidine rings is 1. The molecule has 0 aliphatic carbocycles. The summed E-state index contributed by atoms with van der Waals surface area (Å²) in [5.74, 6) is 0.901. The normalized spacial score (nSPS) is 22.5. The Morgan fingerprint density at radius 2 is 2.00 bits per heavy atom. The zero-order chi connectivity index (χ0) is 22.2. The SMILES string of the molecule is CCNC(=NCC(=O)N1CCCc2ccccc21)N1CCC(OCC2CCCCO2)CC1. The highest BCUT2D eigenvalue weighted by molar-refractivity contribution is 5.97. The van der Waals surface area contributed by atoms with Crippen LogP contribution in [0.4, 0.5) is 5.69 Å². The number of nitrogens with zero attached hydrogens (tertiary/aromatic N) is 3. The molecule has 0 bridgehead atoms. The van der Waals surface area contributed by atoms with Crippen LogP contribution in [-0.2, 0) is 20.7 Å². The topological polar surface area (TPSA) is 66.4 Å². The molecule has 0 spiro atoms. The highest BCUT2D eigenvalue weighted by Crippen LogP contribution is 2.26. The number of ether oxygens (including phenoxy) is 2. The minimum Gasteiger partial charge on any atom is -0.376 e. The second-order valence-electron chi connectivity index (χ2n) is 8.96. The van der Waals surface area contributed by atoms with Gasteiger partial charge in [-0.1, -0.05) is 18.2 Å². The number of fused-ring (bicyclic) bond motifs is 1. The standard InChI is InChI=1S/C25H38N4O3/c1-2-26-25(27-18-24(30)29-14-7-9-20-8-3-4-11-23(20)29)28-15-12-21(13-16-28)32-19-22-10-5-6-17-31-22/h3-4,8,11,21-22H,2,5-7,9-10,12-19H2,1H3,(H,26,27). The molecule has 0 radical (unpaired) electrons. The summed E-state index contributed by atoms with van der Waals surface area (Å²) in [7, 11) is 0. The lowest BCUT2D eigenvalue weighted by Gasteiger charge is -2.35. The molecule has 4 rings (SSSR count). The first kappa shape index (κ1) is 23.1. The maximum atomic E-state index is 13.0. The Labute approximate surface area is 192 Å². The summed E-state index contributed by atoms with van der Waals surface area (Å²) in [6.45, 7) is 7.17. The van der Waals surface area contributed by atoms with Crippen LogP contribution in [0.1, 0.15) is 51.0 Å². The Morgan fingerprint density at radius 1 is 1.16 bits per heavy atom. The second-order valence-corrected chi connectivity index (χ2v) is 8.96. The minimum atomic E-state index is 0.0678. The maximum absolute atomic E-state index is 13.0. The Kier molecular flexibility index (Phi) is 8.40. The van der Waals surface area contributed by atoms with E-state index in [9.17, 15) is 4.79 Å². The van der Waals surface area contributed by atoms with Crippen LogP contribution in [0, 0.1) is 0 Å². The number of hydrogen-bond donors (Lipinski definition) is 1. The molecule has 3 aliphatic rings. The average Bonchev–Trinajstić information content (AvgIpc) is 2.86. The van der Waals surface area contributed by atoms with Crippen LogP contribution in [0.5, 0.6) is 0 Å². The predicted molar refractivity (Wildman–Crippen MR) is 127 cm³/mol. The van der Waals surface area contributed by atoms with Gasteiger partial charge in [0.1, 0.15) is 6.54 Å². The van der Waals surface area contributed by atoms with Gasteiger partial charge in [-0.2, -0.15) is 0 Å². The molecule has 176 valence electrons. The number of anilines is 1. The smallest absolute Gasteiger partial charge is 0.248 e. The molecule has 1 unspecified atom stereocenters. The van der Waals surface area contributed by atoms with Gasteiger partial charge in [-0.25, -0.2) is 4.99 Å². The van der Waals surface area contributed by atoms with Gasteiger partial charge in [-0.15, -0.1) is 0 Å². The summed E-state index contributed by atoms with van der Waals surface area (Å²) >= 11 is 0. The Morgan fingerprint density at radius 3 is 2.78 bits per heavy atom. The molecule has 3 aliphatic heterocycles. The maximum Gasteiger partial charge on any atom is 0.248 e. The number of hydrogen-bond acceptors (Lipinski definition) is 4. The molecule has 3 heterocycles. The fraction of sp³-hybridized carbons (Fsp3) is 0.680. The van der Waals surface area contributed by atoms with E-state index in [4.69, 9.17) is 14.5 Å². The highest BCUT2D eigenvalue weighted by atomic mass is 16.5. The lowest BCUT2D eigenvalue weighted by atomic mass is 10.0. The number of aryl methyl sites for hydroxylation is 1. The number of likely N-dealkylation sites (tertiary alicyclic amines) is 1. The molecule has 32 heavy (non-hydrogen) atoms. The van der Waals surface area contributed by atoms with E-state index in [0.29, 0.717) is 6.61 Å². The van der Waals surface area contributed by atoms with E-state index in [1.807, 2.05) is 23.1 Å². The van der Waals surface area contributed by atoms with Crippen molar-refractivity contribution in [3.8, 4) is 0 Å². The predicted octanol–water partition coefficient (Wildman–Crippen LogP) is 2.98. The third-order valence-corrected chi connectivity index (χ3v) is 6.64. The lowest BCUT2D eigenvalue weighted by molar-refractivity contribution is -0.117. The minimum absolute atomic E-state index is 0.0678. The van der Waals surface area contributed by atoms with Crippen molar-refractivity contribution in [3.05, 3.63) is 29.8 Å². The van der Waals surface area contributed by atoms with Crippen molar-refractivity contribution in [2.75, 3.05) is 50.8 Å². The van der Waals surface area contributed by atoms with E-state index in [0.717, 1.165) is 76.5 Å². The first-order valence-corrected chi connectivity index (χ1v) is 12.4. The van der Waals surface area contributed by atoms with Crippen LogP contribution in [-0.4, -0.2) is 74.9 Å². The highest BCUT2D eigenvalue weighted by Gasteiger charge is 2.25. The summed E-state index contributed by atoms with van der Waals surface area (Å²) in [6.07, 6.45) is 8.09. The third-order valence-electron chi connectivity index (χ3n) is 6.64. The van der Waals surface area contributed by atoms with Crippen molar-refractivity contribution in [1.82, 2.24) is 10.2 Å². The van der Waals surface area contributed by atoms with Crippen LogP contribution < -0.4 is 10.2 Å². The average molecular weight is 443 g/mol. The van der Waals surface area contributed by atoms with Crippen molar-refractivity contribution in [2.45, 2.75) is 64.1 Å². The first-order valence-electron chi connectivity index (χ1n) is 12.4. The van der Waals surface area contributed by atoms with Gasteiger partial charge < -0.3 is 24.6 Å². The Hall–Kier alpha value is -2.12. The third kappa shape index (κ3) is 6.01. The number of aliphatic imine (C=N–C) groups is 1. The Balaban J connectivity index is 1.28. The molecule has 1 amide bonds. The number of rotatable bonds is 6. The lowest BCUT2D eigenvalue weighted by Crippen LogP contribution is -2.48. The molecule has 7 heteroatoms. The molecular weight excluding hydrogens is 404 g/mol. The monoisotopic (exact) mass is 442 g/mol. The van der Waals surface area contributed by atoms with Crippen molar-refractivity contribution >= 4 is 17.6 Å². The first-order chi connectivity index (χ1) is 15.7. The van der Waals surface area contributed by atoms with Crippen LogP contribution in [0.25, 0.3) is 0 Å². The van der Waals surface area contributed by atoms with Crippen LogP contribution in [0.15, 0.2) is 29.3 Å². The van der Waals surface area contributed by atoms with E-state index in [1.54, 1.807) is 0 Å². The van der Waals surface area contributed by atoms with Gasteiger partial charge in [0, 0.05) is 38.5 Å². The number of benzene rings is 1. The fourth-order valence-electron chi connectivity index (χ4n) is 4.86. The van der Waals surface area contributed by atoms with Crippen molar-refractivity contribution < 1.29 is 14.3 Å². The number of nitrogens with one attached hydrogen (secondary N) is 1. The number of carbonyl (C=O) groups is 1. The van der Waals surface area contributed by atoms with Gasteiger partial charge in [0.05, 0.1) is 18.8 Å². The van der Waals surface area contributed by atoms with E-state index in [-0.39, 0.29) is 24.7 Å². The summed E-state index contributed by atoms with van der Waals surface area (Å²) in [5.41, 5.74) is 2.30. The second kappa shape index (κ2) is 11.7. The van der Waals surface area contributed by atoms with Crippen LogP contribution in [0.2, 0.25) is 0 Å². The molecule has 1 aromatic rings. The molecule has 2 fully saturated rings. The van der Waals surface area contributed by atoms with Gasteiger partial charge in [-0.3, -0.25) is 4.79 Å². The molecule has 2 saturated heterocycles. The summed E-state index contributed by atoms with van der Waals surface area (Å²) in [4.78, 5) is 21.9. The van der Waals surface area contributed by atoms with Gasteiger partial charge in [-0.05, 0) is 63.5 Å². The van der Waals surface area contributed by atoms with E-state index in [1.165, 1.54) is 18.4 Å². The molecular formula is C25H38N4O3. The number of para-hydroxylation sites is 1. The van der Waals surface area contributed by atoms with Gasteiger partial charge >= 0.3 is 0 Å². The molecule has 1 atom stereocenters. The molecule has 7 nitrogen and oxygen atoms in total. The van der Waals surface area contributed by atoms with Crippen molar-refractivity contribution in [1.29, 1.82) is 0 Å². The Bertz CT molecular complexity index is 770. The van der Waals surface area contributed by atoms with E-state index in [2.05, 4.69) is 23.2 Å².